The topological polar surface area (TPSA) is 83.0 Å². The van der Waals surface area contributed by atoms with Crippen molar-refractivity contribution in [1.82, 2.24) is 10.2 Å². The lowest BCUT2D eigenvalue weighted by Gasteiger charge is -2.36. The Morgan fingerprint density at radius 3 is 2.48 bits per heavy atom. The van der Waals surface area contributed by atoms with Crippen LogP contribution in [0, 0.1) is 0 Å². The number of nitrogens with zero attached hydrogens (tertiary/aromatic N) is 2. The predicted octanol–water partition coefficient (Wildman–Crippen LogP) is 3.20. The summed E-state index contributed by atoms with van der Waals surface area (Å²) < 4.78 is 6.38. The van der Waals surface area contributed by atoms with Gasteiger partial charge in [-0.2, -0.15) is 0 Å². The maximum absolute atomic E-state index is 12.5. The Kier molecular flexibility index (Phi) is 6.38. The largest absolute Gasteiger partial charge is 0.494 e. The SMILES string of the molecule is CCOc1ccc(NC(=O)CN2CCC3(CC2)N=C(c2ccc(Br)cc2)C(=O)N3)cc1. The van der Waals surface area contributed by atoms with Crippen molar-refractivity contribution in [3.05, 3.63) is 58.6 Å². The van der Waals surface area contributed by atoms with Crippen molar-refractivity contribution in [3.63, 3.8) is 0 Å². The van der Waals surface area contributed by atoms with Crippen LogP contribution in [0.2, 0.25) is 0 Å². The molecule has 0 saturated carbocycles. The molecule has 0 aliphatic carbocycles. The Morgan fingerprint density at radius 1 is 1.16 bits per heavy atom. The highest BCUT2D eigenvalue weighted by Crippen LogP contribution is 2.29. The van der Waals surface area contributed by atoms with E-state index in [2.05, 4.69) is 31.5 Å². The van der Waals surface area contributed by atoms with E-state index in [0.29, 0.717) is 44.8 Å². The number of ether oxygens (including phenoxy) is 1. The second kappa shape index (κ2) is 9.20. The smallest absolute Gasteiger partial charge is 0.272 e. The van der Waals surface area contributed by atoms with Crippen molar-refractivity contribution in [2.24, 2.45) is 4.99 Å². The Morgan fingerprint density at radius 2 is 1.84 bits per heavy atom. The summed E-state index contributed by atoms with van der Waals surface area (Å²) in [5.41, 5.74) is 1.47. The van der Waals surface area contributed by atoms with Crippen LogP contribution >= 0.6 is 15.9 Å². The number of rotatable bonds is 6. The number of hydrogen-bond donors (Lipinski definition) is 2. The fourth-order valence-corrected chi connectivity index (χ4v) is 4.15. The van der Waals surface area contributed by atoms with Gasteiger partial charge in [-0.25, -0.2) is 0 Å². The molecular formula is C23H25BrN4O3. The number of benzene rings is 2. The minimum Gasteiger partial charge on any atom is -0.494 e. The van der Waals surface area contributed by atoms with E-state index in [9.17, 15) is 9.59 Å². The second-order valence-corrected chi connectivity index (χ2v) is 8.65. The third kappa shape index (κ3) is 5.14. The van der Waals surface area contributed by atoms with Gasteiger partial charge in [-0.3, -0.25) is 19.5 Å². The molecule has 0 unspecified atom stereocenters. The lowest BCUT2D eigenvalue weighted by atomic mass is 9.98. The molecule has 0 aromatic heterocycles. The molecule has 7 nitrogen and oxygen atoms in total. The van der Waals surface area contributed by atoms with Gasteiger partial charge in [-0.05, 0) is 43.3 Å². The normalized spacial score (nSPS) is 17.9. The maximum Gasteiger partial charge on any atom is 0.272 e. The average molecular weight is 485 g/mol. The Hall–Kier alpha value is -2.71. The number of piperidine rings is 1. The van der Waals surface area contributed by atoms with Crippen LogP contribution in [0.3, 0.4) is 0 Å². The van der Waals surface area contributed by atoms with Gasteiger partial charge < -0.3 is 15.4 Å². The van der Waals surface area contributed by atoms with Crippen molar-refractivity contribution >= 4 is 39.1 Å². The molecule has 2 amide bonds. The number of likely N-dealkylation sites (tertiary alicyclic amines) is 1. The number of carbonyl (C=O) groups excluding carboxylic acids is 2. The predicted molar refractivity (Wildman–Crippen MR) is 123 cm³/mol. The van der Waals surface area contributed by atoms with Crippen molar-refractivity contribution in [3.8, 4) is 5.75 Å². The van der Waals surface area contributed by atoms with Gasteiger partial charge in [0.2, 0.25) is 5.91 Å². The fraction of sp³-hybridized carbons (Fsp3) is 0.348. The van der Waals surface area contributed by atoms with Crippen molar-refractivity contribution in [2.45, 2.75) is 25.4 Å². The Balaban J connectivity index is 1.31. The summed E-state index contributed by atoms with van der Waals surface area (Å²) in [6.07, 6.45) is 1.35. The Labute approximate surface area is 190 Å². The molecule has 1 saturated heterocycles. The monoisotopic (exact) mass is 484 g/mol. The molecular weight excluding hydrogens is 460 g/mol. The van der Waals surface area contributed by atoms with Crippen LogP contribution in [0.5, 0.6) is 5.75 Å². The number of halogens is 1. The standard InChI is InChI=1S/C23H25BrN4O3/c1-2-31-19-9-7-18(8-10-19)25-20(29)15-28-13-11-23(12-14-28)26-21(22(30)27-23)16-3-5-17(24)6-4-16/h3-10H,2,11-15H2,1H3,(H,25,29)(H,27,30). The van der Waals surface area contributed by atoms with Crippen molar-refractivity contribution in [1.29, 1.82) is 0 Å². The van der Waals surface area contributed by atoms with E-state index in [1.807, 2.05) is 55.5 Å². The highest BCUT2D eigenvalue weighted by atomic mass is 79.9. The third-order valence-electron chi connectivity index (χ3n) is 5.50. The molecule has 2 aliphatic heterocycles. The molecule has 1 fully saturated rings. The highest BCUT2D eigenvalue weighted by Gasteiger charge is 2.42. The summed E-state index contributed by atoms with van der Waals surface area (Å²) in [6.45, 7) is 4.22. The molecule has 2 aromatic carbocycles. The lowest BCUT2D eigenvalue weighted by Crippen LogP contribution is -2.52. The number of amides is 2. The van der Waals surface area contributed by atoms with E-state index in [1.54, 1.807) is 0 Å². The van der Waals surface area contributed by atoms with Gasteiger partial charge >= 0.3 is 0 Å². The quantitative estimate of drug-likeness (QED) is 0.659. The van der Waals surface area contributed by atoms with Gasteiger partial charge in [-0.15, -0.1) is 0 Å². The zero-order chi connectivity index (χ0) is 21.8. The first-order chi connectivity index (χ1) is 15.0. The van der Waals surface area contributed by atoms with Crippen molar-refractivity contribution < 1.29 is 14.3 Å². The second-order valence-electron chi connectivity index (χ2n) is 7.73. The van der Waals surface area contributed by atoms with Crippen LogP contribution in [-0.4, -0.2) is 54.3 Å². The summed E-state index contributed by atoms with van der Waals surface area (Å²) in [4.78, 5) is 31.8. The van der Waals surface area contributed by atoms with Gasteiger partial charge in [0.15, 0.2) is 0 Å². The molecule has 0 bridgehead atoms. The molecule has 2 heterocycles. The van der Waals surface area contributed by atoms with Gasteiger partial charge in [0.25, 0.3) is 5.91 Å². The summed E-state index contributed by atoms with van der Waals surface area (Å²) in [5.74, 6) is 0.585. The molecule has 2 aliphatic rings. The maximum atomic E-state index is 12.5. The highest BCUT2D eigenvalue weighted by molar-refractivity contribution is 9.10. The minimum atomic E-state index is -0.568. The molecule has 0 atom stereocenters. The fourth-order valence-electron chi connectivity index (χ4n) is 3.89. The van der Waals surface area contributed by atoms with Crippen LogP contribution in [-0.2, 0) is 9.59 Å². The molecule has 2 N–H and O–H groups in total. The molecule has 4 rings (SSSR count). The van der Waals surface area contributed by atoms with E-state index in [-0.39, 0.29) is 11.8 Å². The number of anilines is 1. The summed E-state index contributed by atoms with van der Waals surface area (Å²) in [7, 11) is 0. The van der Waals surface area contributed by atoms with Crippen LogP contribution in [0.4, 0.5) is 5.69 Å². The van der Waals surface area contributed by atoms with Crippen LogP contribution in [0.15, 0.2) is 58.0 Å². The summed E-state index contributed by atoms with van der Waals surface area (Å²) >= 11 is 3.41. The Bertz CT molecular complexity index is 981. The number of hydrogen-bond acceptors (Lipinski definition) is 5. The van der Waals surface area contributed by atoms with Crippen LogP contribution in [0.25, 0.3) is 0 Å². The zero-order valence-electron chi connectivity index (χ0n) is 17.4. The first-order valence-electron chi connectivity index (χ1n) is 10.4. The minimum absolute atomic E-state index is 0.0605. The van der Waals surface area contributed by atoms with Gasteiger partial charge in [0.05, 0.1) is 13.2 Å². The van der Waals surface area contributed by atoms with Gasteiger partial charge in [0, 0.05) is 41.7 Å². The van der Waals surface area contributed by atoms with E-state index < -0.39 is 5.66 Å². The summed E-state index contributed by atoms with van der Waals surface area (Å²) in [6, 6.07) is 14.9. The van der Waals surface area contributed by atoms with Crippen LogP contribution in [0.1, 0.15) is 25.3 Å². The zero-order valence-corrected chi connectivity index (χ0v) is 18.9. The lowest BCUT2D eigenvalue weighted by molar-refractivity contribution is -0.119. The van der Waals surface area contributed by atoms with E-state index >= 15 is 0 Å². The van der Waals surface area contributed by atoms with Crippen LogP contribution < -0.4 is 15.4 Å². The van der Waals surface area contributed by atoms with E-state index in [4.69, 9.17) is 9.73 Å². The van der Waals surface area contributed by atoms with E-state index in [1.165, 1.54) is 0 Å². The number of carbonyl (C=O) groups is 2. The molecule has 1 spiro atoms. The molecule has 0 radical (unpaired) electrons. The molecule has 31 heavy (non-hydrogen) atoms. The molecule has 162 valence electrons. The average Bonchev–Trinajstić information content (AvgIpc) is 3.08. The first-order valence-corrected chi connectivity index (χ1v) is 11.2. The third-order valence-corrected chi connectivity index (χ3v) is 6.03. The van der Waals surface area contributed by atoms with E-state index in [0.717, 1.165) is 21.5 Å². The summed E-state index contributed by atoms with van der Waals surface area (Å²) in [5, 5.41) is 5.99. The van der Waals surface area contributed by atoms with Crippen molar-refractivity contribution in [2.75, 3.05) is 31.6 Å². The number of aliphatic imine (C=N–C) groups is 1. The van der Waals surface area contributed by atoms with Gasteiger partial charge in [-0.1, -0.05) is 28.1 Å². The molecule has 2 aromatic rings. The van der Waals surface area contributed by atoms with Gasteiger partial charge in [0.1, 0.15) is 17.1 Å². The number of nitrogens with one attached hydrogen (secondary N) is 2. The molecule has 8 heteroatoms. The first kappa shape index (κ1) is 21.5.